The van der Waals surface area contributed by atoms with Gasteiger partial charge in [-0.3, -0.25) is 4.79 Å². The number of hydrogen-bond acceptors (Lipinski definition) is 3. The van der Waals surface area contributed by atoms with Crippen molar-refractivity contribution in [2.45, 2.75) is 57.6 Å². The number of carbonyl (C=O) groups is 1. The smallest absolute Gasteiger partial charge is 0.325 e. The van der Waals surface area contributed by atoms with E-state index in [9.17, 15) is 4.79 Å². The van der Waals surface area contributed by atoms with Crippen LogP contribution in [0.1, 0.15) is 46.0 Å². The summed E-state index contributed by atoms with van der Waals surface area (Å²) in [5.74, 6) is 1.47. The molecule has 3 heteroatoms. The molecule has 0 aromatic carbocycles. The van der Waals surface area contributed by atoms with E-state index in [4.69, 9.17) is 10.5 Å². The average Bonchev–Trinajstić information content (AvgIpc) is 1.94. The van der Waals surface area contributed by atoms with E-state index in [1.165, 1.54) is 19.3 Å². The summed E-state index contributed by atoms with van der Waals surface area (Å²) in [6.07, 6.45) is 6.42. The van der Waals surface area contributed by atoms with Crippen molar-refractivity contribution < 1.29 is 9.53 Å². The first-order valence-electron chi connectivity index (χ1n) is 5.97. The molecule has 2 fully saturated rings. The van der Waals surface area contributed by atoms with Crippen molar-refractivity contribution in [3.63, 3.8) is 0 Å². The molecule has 0 spiro atoms. The van der Waals surface area contributed by atoms with E-state index in [0.717, 1.165) is 24.7 Å². The Kier molecular flexibility index (Phi) is 2.75. The summed E-state index contributed by atoms with van der Waals surface area (Å²) in [5.41, 5.74) is 4.82. The normalized spacial score (nSPS) is 31.7. The molecule has 2 rings (SSSR count). The lowest BCUT2D eigenvalue weighted by molar-refractivity contribution is -0.163. The summed E-state index contributed by atoms with van der Waals surface area (Å²) in [6, 6.07) is 0. The number of esters is 1. The molecule has 2 saturated carbocycles. The first kappa shape index (κ1) is 10.9. The third kappa shape index (κ3) is 2.33. The van der Waals surface area contributed by atoms with Gasteiger partial charge in [0.2, 0.25) is 0 Å². The fourth-order valence-corrected chi connectivity index (χ4v) is 2.30. The molecule has 3 nitrogen and oxygen atoms in total. The Balaban J connectivity index is 1.69. The van der Waals surface area contributed by atoms with Gasteiger partial charge in [0.25, 0.3) is 0 Å². The fraction of sp³-hybridized carbons (Fsp3) is 0.917. The lowest BCUT2D eigenvalue weighted by atomic mass is 9.65. The highest BCUT2D eigenvalue weighted by atomic mass is 16.5. The minimum absolute atomic E-state index is 0.144. The van der Waals surface area contributed by atoms with E-state index in [2.05, 4.69) is 0 Å². The fourth-order valence-electron chi connectivity index (χ4n) is 2.30. The third-order valence-electron chi connectivity index (χ3n) is 3.75. The van der Waals surface area contributed by atoms with Gasteiger partial charge in [0.05, 0.1) is 0 Å². The summed E-state index contributed by atoms with van der Waals surface area (Å²) in [4.78, 5) is 11.5. The van der Waals surface area contributed by atoms with Crippen LogP contribution >= 0.6 is 0 Å². The molecule has 15 heavy (non-hydrogen) atoms. The summed E-state index contributed by atoms with van der Waals surface area (Å²) in [7, 11) is 0. The van der Waals surface area contributed by atoms with Crippen molar-refractivity contribution in [3.05, 3.63) is 0 Å². The van der Waals surface area contributed by atoms with Crippen LogP contribution in [0, 0.1) is 11.8 Å². The molecule has 0 atom stereocenters. The highest BCUT2D eigenvalue weighted by Gasteiger charge is 2.40. The highest BCUT2D eigenvalue weighted by Crippen LogP contribution is 2.45. The number of nitrogens with two attached hydrogens (primary N) is 1. The molecule has 0 saturated heterocycles. The van der Waals surface area contributed by atoms with Gasteiger partial charge >= 0.3 is 5.97 Å². The molecular weight excluding hydrogens is 190 g/mol. The summed E-state index contributed by atoms with van der Waals surface area (Å²) >= 11 is 0. The quantitative estimate of drug-likeness (QED) is 0.725. The predicted molar refractivity (Wildman–Crippen MR) is 58.2 cm³/mol. The summed E-state index contributed by atoms with van der Waals surface area (Å²) < 4.78 is 5.34. The average molecular weight is 211 g/mol. The maximum absolute atomic E-state index is 11.5. The van der Waals surface area contributed by atoms with Crippen LogP contribution in [-0.2, 0) is 9.53 Å². The Hall–Kier alpha value is -0.570. The second kappa shape index (κ2) is 3.78. The molecule has 0 unspecified atom stereocenters. The number of carbonyl (C=O) groups excluding carboxylic acids is 1. The lowest BCUT2D eigenvalue weighted by Gasteiger charge is -2.44. The first-order chi connectivity index (χ1) is 6.97. The SMILES string of the molecule is CC(C)(N)C(=O)OC1CC(C2CCC2)C1. The Bertz CT molecular complexity index is 247. The van der Waals surface area contributed by atoms with E-state index in [1.54, 1.807) is 13.8 Å². The first-order valence-corrected chi connectivity index (χ1v) is 5.97. The van der Waals surface area contributed by atoms with Gasteiger partial charge in [-0.1, -0.05) is 19.3 Å². The Labute approximate surface area is 91.4 Å². The van der Waals surface area contributed by atoms with E-state index < -0.39 is 5.54 Å². The van der Waals surface area contributed by atoms with Crippen molar-refractivity contribution >= 4 is 5.97 Å². The van der Waals surface area contributed by atoms with Crippen LogP contribution in [0.3, 0.4) is 0 Å². The van der Waals surface area contributed by atoms with Gasteiger partial charge in [-0.15, -0.1) is 0 Å². The van der Waals surface area contributed by atoms with Crippen molar-refractivity contribution in [2.24, 2.45) is 17.6 Å². The molecule has 0 aliphatic heterocycles. The van der Waals surface area contributed by atoms with Crippen molar-refractivity contribution in [2.75, 3.05) is 0 Å². The van der Waals surface area contributed by atoms with E-state index in [-0.39, 0.29) is 12.1 Å². The van der Waals surface area contributed by atoms with Crippen LogP contribution < -0.4 is 5.73 Å². The molecule has 86 valence electrons. The van der Waals surface area contributed by atoms with Gasteiger partial charge in [-0.25, -0.2) is 0 Å². The topological polar surface area (TPSA) is 52.3 Å². The molecule has 2 N–H and O–H groups in total. The largest absolute Gasteiger partial charge is 0.461 e. The third-order valence-corrected chi connectivity index (χ3v) is 3.75. The van der Waals surface area contributed by atoms with Crippen molar-refractivity contribution in [3.8, 4) is 0 Å². The zero-order valence-corrected chi connectivity index (χ0v) is 9.66. The lowest BCUT2D eigenvalue weighted by Crippen LogP contribution is -2.47. The minimum atomic E-state index is -0.846. The van der Waals surface area contributed by atoms with Crippen molar-refractivity contribution in [1.82, 2.24) is 0 Å². The molecule has 0 amide bonds. The Morgan fingerprint density at radius 2 is 1.87 bits per heavy atom. The van der Waals surface area contributed by atoms with Crippen LogP contribution in [0.2, 0.25) is 0 Å². The van der Waals surface area contributed by atoms with Gasteiger partial charge in [0.1, 0.15) is 11.6 Å². The molecule has 0 aromatic rings. The molecule has 2 aliphatic carbocycles. The molecule has 0 bridgehead atoms. The van der Waals surface area contributed by atoms with Gasteiger partial charge < -0.3 is 10.5 Å². The number of hydrogen-bond donors (Lipinski definition) is 1. The van der Waals surface area contributed by atoms with E-state index in [1.807, 2.05) is 0 Å². The van der Waals surface area contributed by atoms with Crippen LogP contribution in [0.4, 0.5) is 0 Å². The van der Waals surface area contributed by atoms with E-state index >= 15 is 0 Å². The predicted octanol–water partition coefficient (Wildman–Crippen LogP) is 1.85. The highest BCUT2D eigenvalue weighted by molar-refractivity contribution is 5.79. The maximum atomic E-state index is 11.5. The molecule has 0 heterocycles. The van der Waals surface area contributed by atoms with Crippen LogP contribution in [0.25, 0.3) is 0 Å². The molecule has 0 aromatic heterocycles. The van der Waals surface area contributed by atoms with Gasteiger partial charge in [-0.2, -0.15) is 0 Å². The number of rotatable bonds is 3. The summed E-state index contributed by atoms with van der Waals surface area (Å²) in [6.45, 7) is 3.38. The van der Waals surface area contributed by atoms with Crippen molar-refractivity contribution in [1.29, 1.82) is 0 Å². The zero-order chi connectivity index (χ0) is 11.1. The standard InChI is InChI=1S/C12H21NO2/c1-12(2,13)11(14)15-10-6-9(7-10)8-4-3-5-8/h8-10H,3-7,13H2,1-2H3. The molecule has 2 aliphatic rings. The van der Waals surface area contributed by atoms with Gasteiger partial charge in [0.15, 0.2) is 0 Å². The van der Waals surface area contributed by atoms with Gasteiger partial charge in [0, 0.05) is 0 Å². The zero-order valence-electron chi connectivity index (χ0n) is 9.66. The monoisotopic (exact) mass is 211 g/mol. The Morgan fingerprint density at radius 3 is 2.27 bits per heavy atom. The molecule has 0 radical (unpaired) electrons. The second-order valence-corrected chi connectivity index (χ2v) is 5.67. The van der Waals surface area contributed by atoms with Crippen LogP contribution in [0.15, 0.2) is 0 Å². The van der Waals surface area contributed by atoms with E-state index in [0.29, 0.717) is 0 Å². The van der Waals surface area contributed by atoms with Gasteiger partial charge in [-0.05, 0) is 38.5 Å². The molecular formula is C12H21NO2. The number of ether oxygens (including phenoxy) is 1. The Morgan fingerprint density at radius 1 is 1.27 bits per heavy atom. The van der Waals surface area contributed by atoms with Crippen LogP contribution in [-0.4, -0.2) is 17.6 Å². The minimum Gasteiger partial charge on any atom is -0.461 e. The summed E-state index contributed by atoms with van der Waals surface area (Å²) in [5, 5.41) is 0. The maximum Gasteiger partial charge on any atom is 0.325 e. The van der Waals surface area contributed by atoms with Crippen LogP contribution in [0.5, 0.6) is 0 Å². The second-order valence-electron chi connectivity index (χ2n) is 5.67.